The summed E-state index contributed by atoms with van der Waals surface area (Å²) in [5.41, 5.74) is 0.571. The first kappa shape index (κ1) is 17.4. The van der Waals surface area contributed by atoms with Crippen LogP contribution in [0.3, 0.4) is 0 Å². The molecule has 0 unspecified atom stereocenters. The molecule has 0 heterocycles. The summed E-state index contributed by atoms with van der Waals surface area (Å²) in [5, 5.41) is 3.59. The minimum absolute atomic E-state index is 0.248. The molecule has 122 valence electrons. The summed E-state index contributed by atoms with van der Waals surface area (Å²) in [6.45, 7) is 1.88. The summed E-state index contributed by atoms with van der Waals surface area (Å²) in [5.74, 6) is 1.08. The van der Waals surface area contributed by atoms with E-state index >= 15 is 0 Å². The van der Waals surface area contributed by atoms with Gasteiger partial charge in [-0.3, -0.25) is 4.79 Å². The molecule has 6 heteroatoms. The maximum absolute atomic E-state index is 12.3. The van der Waals surface area contributed by atoms with Gasteiger partial charge in [0.2, 0.25) is 0 Å². The van der Waals surface area contributed by atoms with Gasteiger partial charge in [-0.25, -0.2) is 0 Å². The van der Waals surface area contributed by atoms with Crippen LogP contribution < -0.4 is 14.8 Å². The Bertz CT molecular complexity index is 674. The van der Waals surface area contributed by atoms with Gasteiger partial charge < -0.3 is 14.8 Å². The number of nitrogens with one attached hydrogen (secondary N) is 1. The lowest BCUT2D eigenvalue weighted by atomic mass is 10.2. The number of rotatable bonds is 6. The highest BCUT2D eigenvalue weighted by Gasteiger charge is 2.19. The molecule has 0 aliphatic carbocycles. The highest BCUT2D eigenvalue weighted by atomic mass is 35.5. The van der Waals surface area contributed by atoms with Crippen LogP contribution in [0.2, 0.25) is 10.0 Å². The Kier molecular flexibility index (Phi) is 6.13. The van der Waals surface area contributed by atoms with Gasteiger partial charge in [0.15, 0.2) is 6.10 Å². The van der Waals surface area contributed by atoms with Crippen LogP contribution >= 0.6 is 23.2 Å². The number of hydrogen-bond donors (Lipinski definition) is 1. The third kappa shape index (κ3) is 4.78. The van der Waals surface area contributed by atoms with E-state index in [0.29, 0.717) is 27.9 Å². The Morgan fingerprint density at radius 2 is 1.74 bits per heavy atom. The molecule has 4 nitrogen and oxygen atoms in total. The number of anilines is 1. The number of amides is 1. The molecule has 2 aromatic carbocycles. The van der Waals surface area contributed by atoms with Gasteiger partial charge in [0.05, 0.1) is 17.2 Å². The van der Waals surface area contributed by atoms with E-state index in [9.17, 15) is 4.79 Å². The van der Waals surface area contributed by atoms with Gasteiger partial charge in [-0.05, 0) is 48.9 Å². The monoisotopic (exact) mass is 353 g/mol. The van der Waals surface area contributed by atoms with Crippen molar-refractivity contribution in [1.29, 1.82) is 0 Å². The summed E-state index contributed by atoms with van der Waals surface area (Å²) in [4.78, 5) is 12.3. The maximum Gasteiger partial charge on any atom is 0.265 e. The fraction of sp³-hybridized carbons (Fsp3) is 0.235. The quantitative estimate of drug-likeness (QED) is 0.811. The zero-order chi connectivity index (χ0) is 16.8. The first-order valence-corrected chi connectivity index (χ1v) is 7.85. The van der Waals surface area contributed by atoms with E-state index in [4.69, 9.17) is 32.7 Å². The second kappa shape index (κ2) is 8.09. The third-order valence-electron chi connectivity index (χ3n) is 3.19. The number of methoxy groups -OCH3 is 1. The zero-order valence-electron chi connectivity index (χ0n) is 12.8. The van der Waals surface area contributed by atoms with Crippen LogP contribution in [-0.2, 0) is 4.79 Å². The minimum Gasteiger partial charge on any atom is -0.497 e. The van der Waals surface area contributed by atoms with Gasteiger partial charge in [-0.15, -0.1) is 0 Å². The Labute approximate surface area is 145 Å². The summed E-state index contributed by atoms with van der Waals surface area (Å²) in [6, 6.07) is 12.0. The van der Waals surface area contributed by atoms with Gasteiger partial charge >= 0.3 is 0 Å². The van der Waals surface area contributed by atoms with E-state index in [-0.39, 0.29) is 5.91 Å². The van der Waals surface area contributed by atoms with E-state index in [1.807, 2.05) is 6.92 Å². The average molecular weight is 354 g/mol. The Morgan fingerprint density at radius 1 is 1.09 bits per heavy atom. The Hall–Kier alpha value is -1.91. The summed E-state index contributed by atoms with van der Waals surface area (Å²) >= 11 is 11.8. The van der Waals surface area contributed by atoms with Crippen LogP contribution in [0.15, 0.2) is 42.5 Å². The van der Waals surface area contributed by atoms with E-state index in [2.05, 4.69) is 5.32 Å². The molecular formula is C17H17Cl2NO3. The van der Waals surface area contributed by atoms with Gasteiger partial charge in [0.25, 0.3) is 5.91 Å². The van der Waals surface area contributed by atoms with Crippen molar-refractivity contribution < 1.29 is 14.3 Å². The average Bonchev–Trinajstić information content (AvgIpc) is 2.56. The number of carbonyl (C=O) groups is 1. The van der Waals surface area contributed by atoms with Crippen molar-refractivity contribution in [3.8, 4) is 11.5 Å². The molecule has 0 bridgehead atoms. The van der Waals surface area contributed by atoms with Gasteiger partial charge in [-0.2, -0.15) is 0 Å². The summed E-state index contributed by atoms with van der Waals surface area (Å²) in [7, 11) is 1.59. The van der Waals surface area contributed by atoms with Gasteiger partial charge in [0, 0.05) is 5.69 Å². The minimum atomic E-state index is -0.613. The highest BCUT2D eigenvalue weighted by molar-refractivity contribution is 6.42. The van der Waals surface area contributed by atoms with E-state index in [0.717, 1.165) is 5.75 Å². The molecule has 0 radical (unpaired) electrons. The zero-order valence-corrected chi connectivity index (χ0v) is 14.3. The predicted octanol–water partition coefficient (Wildman–Crippen LogP) is 4.80. The van der Waals surface area contributed by atoms with Crippen molar-refractivity contribution >= 4 is 34.8 Å². The van der Waals surface area contributed by atoms with Gasteiger partial charge in [0.1, 0.15) is 11.5 Å². The second-order valence-electron chi connectivity index (χ2n) is 4.81. The van der Waals surface area contributed by atoms with Crippen molar-refractivity contribution in [2.45, 2.75) is 19.4 Å². The van der Waals surface area contributed by atoms with Crippen LogP contribution in [0.1, 0.15) is 13.3 Å². The Morgan fingerprint density at radius 3 is 2.30 bits per heavy atom. The van der Waals surface area contributed by atoms with Crippen molar-refractivity contribution in [2.24, 2.45) is 0 Å². The lowest BCUT2D eigenvalue weighted by molar-refractivity contribution is -0.122. The van der Waals surface area contributed by atoms with E-state index < -0.39 is 6.10 Å². The standard InChI is InChI=1S/C17H17Cl2NO3/c1-3-16(23-13-7-5-12(22-2)6-8-13)17(21)20-11-4-9-14(18)15(19)10-11/h4-10,16H,3H2,1-2H3,(H,20,21)/t16-/m0/s1. The van der Waals surface area contributed by atoms with Crippen LogP contribution in [0.4, 0.5) is 5.69 Å². The molecule has 0 saturated heterocycles. The molecule has 0 spiro atoms. The number of hydrogen-bond acceptors (Lipinski definition) is 3. The van der Waals surface area contributed by atoms with Gasteiger partial charge in [-0.1, -0.05) is 30.1 Å². The van der Waals surface area contributed by atoms with Crippen LogP contribution in [0.25, 0.3) is 0 Å². The molecule has 0 saturated carbocycles. The van der Waals surface area contributed by atoms with Crippen LogP contribution in [0.5, 0.6) is 11.5 Å². The second-order valence-corrected chi connectivity index (χ2v) is 5.62. The first-order chi connectivity index (χ1) is 11.0. The third-order valence-corrected chi connectivity index (χ3v) is 3.93. The summed E-state index contributed by atoms with van der Waals surface area (Å²) < 4.78 is 10.8. The predicted molar refractivity (Wildman–Crippen MR) is 92.8 cm³/mol. The normalized spacial score (nSPS) is 11.7. The number of carbonyl (C=O) groups excluding carboxylic acids is 1. The fourth-order valence-electron chi connectivity index (χ4n) is 1.94. The molecule has 1 atom stereocenters. The first-order valence-electron chi connectivity index (χ1n) is 7.10. The van der Waals surface area contributed by atoms with Crippen molar-refractivity contribution in [1.82, 2.24) is 0 Å². The SMILES string of the molecule is CC[C@H](Oc1ccc(OC)cc1)C(=O)Nc1ccc(Cl)c(Cl)c1. The molecule has 2 rings (SSSR count). The number of halogens is 2. The highest BCUT2D eigenvalue weighted by Crippen LogP contribution is 2.25. The maximum atomic E-state index is 12.3. The largest absolute Gasteiger partial charge is 0.497 e. The molecule has 2 aromatic rings. The van der Waals surface area contributed by atoms with Crippen LogP contribution in [-0.4, -0.2) is 19.1 Å². The van der Waals surface area contributed by atoms with E-state index in [1.165, 1.54) is 0 Å². The van der Waals surface area contributed by atoms with E-state index in [1.54, 1.807) is 49.6 Å². The van der Waals surface area contributed by atoms with Crippen molar-refractivity contribution in [2.75, 3.05) is 12.4 Å². The lowest BCUT2D eigenvalue weighted by Crippen LogP contribution is -2.32. The summed E-state index contributed by atoms with van der Waals surface area (Å²) in [6.07, 6.45) is -0.0861. The lowest BCUT2D eigenvalue weighted by Gasteiger charge is -2.17. The molecule has 0 aliphatic heterocycles. The molecule has 1 amide bonds. The topological polar surface area (TPSA) is 47.6 Å². The van der Waals surface area contributed by atoms with Crippen molar-refractivity contribution in [3.05, 3.63) is 52.5 Å². The molecule has 0 aliphatic rings. The number of benzene rings is 2. The number of ether oxygens (including phenoxy) is 2. The molecule has 0 aromatic heterocycles. The Balaban J connectivity index is 2.03. The van der Waals surface area contributed by atoms with Crippen molar-refractivity contribution in [3.63, 3.8) is 0 Å². The molecular weight excluding hydrogens is 337 g/mol. The molecule has 23 heavy (non-hydrogen) atoms. The molecule has 0 fully saturated rings. The smallest absolute Gasteiger partial charge is 0.265 e. The fourth-order valence-corrected chi connectivity index (χ4v) is 2.24. The molecule has 1 N–H and O–H groups in total. The van der Waals surface area contributed by atoms with Crippen LogP contribution in [0, 0.1) is 0 Å².